The number of aromatic nitrogens is 2. The van der Waals surface area contributed by atoms with Gasteiger partial charge >= 0.3 is 0 Å². The maximum Gasteiger partial charge on any atom is 0.125 e. The van der Waals surface area contributed by atoms with Gasteiger partial charge in [0.2, 0.25) is 0 Å². The van der Waals surface area contributed by atoms with Crippen LogP contribution in [0.25, 0.3) is 22.2 Å². The fourth-order valence-corrected chi connectivity index (χ4v) is 2.18. The summed E-state index contributed by atoms with van der Waals surface area (Å²) in [6, 6.07) is 14.9. The smallest absolute Gasteiger partial charge is 0.125 e. The molecule has 1 aromatic heterocycles. The molecule has 0 aliphatic heterocycles. The molecule has 2 aromatic carbocycles. The molecule has 3 aromatic rings. The zero-order chi connectivity index (χ0) is 12.5. The first-order valence-corrected chi connectivity index (χ1v) is 6.25. The van der Waals surface area contributed by atoms with Crippen LogP contribution in [0.5, 0.6) is 5.75 Å². The summed E-state index contributed by atoms with van der Waals surface area (Å²) in [5, 5.41) is 19.1. The molecule has 88 valence electrons. The highest BCUT2D eigenvalue weighted by atomic mass is 79.9. The standard InChI is InChI=1S/C14H9BrN2O/c15-10-6-5-9-7-13(17-16-12(9)8-10)11-3-1-2-4-14(11)18/h1-8,18H. The van der Waals surface area contributed by atoms with Crippen LogP contribution in [0.3, 0.4) is 0 Å². The number of benzene rings is 2. The molecule has 0 atom stereocenters. The van der Waals surface area contributed by atoms with Crippen LogP contribution in [0.2, 0.25) is 0 Å². The number of phenolic OH excluding ortho intramolecular Hbond substituents is 1. The lowest BCUT2D eigenvalue weighted by molar-refractivity contribution is 0.477. The second-order valence-corrected chi connectivity index (χ2v) is 4.87. The Bertz CT molecular complexity index is 728. The van der Waals surface area contributed by atoms with Crippen molar-refractivity contribution in [3.05, 3.63) is 53.0 Å². The van der Waals surface area contributed by atoms with Gasteiger partial charge in [-0.1, -0.05) is 34.1 Å². The second kappa shape index (κ2) is 4.38. The number of para-hydroxylation sites is 1. The summed E-state index contributed by atoms with van der Waals surface area (Å²) < 4.78 is 0.972. The Morgan fingerprint density at radius 1 is 0.944 bits per heavy atom. The quantitative estimate of drug-likeness (QED) is 0.744. The molecule has 0 fully saturated rings. The molecular formula is C14H9BrN2O. The fraction of sp³-hybridized carbons (Fsp3) is 0. The molecule has 3 rings (SSSR count). The summed E-state index contributed by atoms with van der Waals surface area (Å²) >= 11 is 3.40. The van der Waals surface area contributed by atoms with E-state index in [4.69, 9.17) is 0 Å². The summed E-state index contributed by atoms with van der Waals surface area (Å²) in [5.41, 5.74) is 2.18. The van der Waals surface area contributed by atoms with Crippen LogP contribution >= 0.6 is 15.9 Å². The van der Waals surface area contributed by atoms with E-state index in [1.165, 1.54) is 0 Å². The number of hydrogen-bond donors (Lipinski definition) is 1. The van der Waals surface area contributed by atoms with Gasteiger partial charge in [-0.25, -0.2) is 0 Å². The van der Waals surface area contributed by atoms with Gasteiger partial charge in [0.05, 0.1) is 11.2 Å². The third-order valence-corrected chi connectivity index (χ3v) is 3.22. The van der Waals surface area contributed by atoms with Gasteiger partial charge in [0.15, 0.2) is 0 Å². The van der Waals surface area contributed by atoms with Gasteiger partial charge in [-0.05, 0) is 30.3 Å². The predicted octanol–water partition coefficient (Wildman–Crippen LogP) is 3.76. The average Bonchev–Trinajstić information content (AvgIpc) is 2.39. The molecule has 18 heavy (non-hydrogen) atoms. The lowest BCUT2D eigenvalue weighted by Crippen LogP contribution is -1.89. The van der Waals surface area contributed by atoms with Crippen LogP contribution in [-0.4, -0.2) is 15.3 Å². The van der Waals surface area contributed by atoms with Crippen molar-refractivity contribution in [2.75, 3.05) is 0 Å². The van der Waals surface area contributed by atoms with Crippen molar-refractivity contribution < 1.29 is 5.11 Å². The van der Waals surface area contributed by atoms with Crippen LogP contribution in [0, 0.1) is 0 Å². The zero-order valence-electron chi connectivity index (χ0n) is 9.34. The molecule has 0 spiro atoms. The van der Waals surface area contributed by atoms with Gasteiger partial charge in [-0.2, -0.15) is 0 Å². The Morgan fingerprint density at radius 3 is 2.61 bits per heavy atom. The Balaban J connectivity index is 2.20. The molecule has 1 N–H and O–H groups in total. The average molecular weight is 301 g/mol. The van der Waals surface area contributed by atoms with Gasteiger partial charge in [-0.15, -0.1) is 10.2 Å². The van der Waals surface area contributed by atoms with Crippen LogP contribution < -0.4 is 0 Å². The highest BCUT2D eigenvalue weighted by Crippen LogP contribution is 2.28. The van der Waals surface area contributed by atoms with E-state index in [1.54, 1.807) is 12.1 Å². The zero-order valence-corrected chi connectivity index (χ0v) is 10.9. The first kappa shape index (κ1) is 11.2. The largest absolute Gasteiger partial charge is 0.507 e. The molecular weight excluding hydrogens is 292 g/mol. The van der Waals surface area contributed by atoms with Crippen LogP contribution in [0.4, 0.5) is 0 Å². The van der Waals surface area contributed by atoms with Crippen molar-refractivity contribution in [1.29, 1.82) is 0 Å². The van der Waals surface area contributed by atoms with Gasteiger partial charge in [0.25, 0.3) is 0 Å². The van der Waals surface area contributed by atoms with Crippen molar-refractivity contribution in [3.63, 3.8) is 0 Å². The summed E-state index contributed by atoms with van der Waals surface area (Å²) in [5.74, 6) is 0.211. The van der Waals surface area contributed by atoms with E-state index in [0.29, 0.717) is 11.3 Å². The van der Waals surface area contributed by atoms with E-state index in [1.807, 2.05) is 36.4 Å². The lowest BCUT2D eigenvalue weighted by atomic mass is 10.1. The number of aromatic hydroxyl groups is 1. The summed E-state index contributed by atoms with van der Waals surface area (Å²) in [4.78, 5) is 0. The summed E-state index contributed by atoms with van der Waals surface area (Å²) in [6.07, 6.45) is 0. The molecule has 0 amide bonds. The highest BCUT2D eigenvalue weighted by molar-refractivity contribution is 9.10. The third kappa shape index (κ3) is 1.95. The maximum absolute atomic E-state index is 9.80. The van der Waals surface area contributed by atoms with E-state index in [0.717, 1.165) is 15.4 Å². The van der Waals surface area contributed by atoms with Gasteiger partial charge < -0.3 is 5.11 Å². The minimum absolute atomic E-state index is 0.211. The monoisotopic (exact) mass is 300 g/mol. The minimum atomic E-state index is 0.211. The lowest BCUT2D eigenvalue weighted by Gasteiger charge is -2.04. The molecule has 4 heteroatoms. The van der Waals surface area contributed by atoms with Crippen molar-refractivity contribution in [1.82, 2.24) is 10.2 Å². The summed E-state index contributed by atoms with van der Waals surface area (Å²) in [6.45, 7) is 0. The molecule has 3 nitrogen and oxygen atoms in total. The van der Waals surface area contributed by atoms with Gasteiger partial charge in [-0.3, -0.25) is 0 Å². The van der Waals surface area contributed by atoms with Gasteiger partial charge in [0, 0.05) is 15.4 Å². The van der Waals surface area contributed by atoms with E-state index < -0.39 is 0 Å². The molecule has 1 heterocycles. The van der Waals surface area contributed by atoms with Crippen molar-refractivity contribution in [2.24, 2.45) is 0 Å². The van der Waals surface area contributed by atoms with Crippen LogP contribution in [0.1, 0.15) is 0 Å². The number of halogens is 1. The number of fused-ring (bicyclic) bond motifs is 1. The number of rotatable bonds is 1. The number of phenols is 1. The van der Waals surface area contributed by atoms with Crippen LogP contribution in [-0.2, 0) is 0 Å². The molecule has 0 saturated carbocycles. The number of hydrogen-bond acceptors (Lipinski definition) is 3. The number of nitrogens with zero attached hydrogens (tertiary/aromatic N) is 2. The Labute approximate surface area is 112 Å². The Morgan fingerprint density at radius 2 is 1.78 bits per heavy atom. The van der Waals surface area contributed by atoms with E-state index in [9.17, 15) is 5.11 Å². The molecule has 0 saturated heterocycles. The first-order chi connectivity index (χ1) is 8.74. The molecule has 0 aliphatic rings. The molecule has 0 aliphatic carbocycles. The normalized spacial score (nSPS) is 10.7. The van der Waals surface area contributed by atoms with E-state index in [-0.39, 0.29) is 5.75 Å². The van der Waals surface area contributed by atoms with Crippen molar-refractivity contribution in [3.8, 4) is 17.0 Å². The molecule has 0 unspecified atom stereocenters. The third-order valence-electron chi connectivity index (χ3n) is 2.73. The van der Waals surface area contributed by atoms with Crippen molar-refractivity contribution in [2.45, 2.75) is 0 Å². The predicted molar refractivity (Wildman–Crippen MR) is 74.3 cm³/mol. The molecule has 0 bridgehead atoms. The highest BCUT2D eigenvalue weighted by Gasteiger charge is 2.06. The Kier molecular flexibility index (Phi) is 2.72. The first-order valence-electron chi connectivity index (χ1n) is 5.45. The SMILES string of the molecule is Oc1ccccc1-c1cc2ccc(Br)cc2nn1. The minimum Gasteiger partial charge on any atom is -0.507 e. The fourth-order valence-electron chi connectivity index (χ4n) is 1.83. The Hall–Kier alpha value is -1.94. The van der Waals surface area contributed by atoms with E-state index in [2.05, 4.69) is 26.1 Å². The maximum atomic E-state index is 9.80. The van der Waals surface area contributed by atoms with Crippen LogP contribution in [0.15, 0.2) is 53.0 Å². The van der Waals surface area contributed by atoms with Crippen molar-refractivity contribution >= 4 is 26.8 Å². The molecule has 0 radical (unpaired) electrons. The summed E-state index contributed by atoms with van der Waals surface area (Å²) in [7, 11) is 0. The van der Waals surface area contributed by atoms with E-state index >= 15 is 0 Å². The second-order valence-electron chi connectivity index (χ2n) is 3.95. The topological polar surface area (TPSA) is 46.0 Å². The van der Waals surface area contributed by atoms with Gasteiger partial charge in [0.1, 0.15) is 5.75 Å².